The number of hydrogen-bond acceptors (Lipinski definition) is 4. The molecule has 0 spiro atoms. The number of sulfonamides is 1. The van der Waals surface area contributed by atoms with Crippen molar-refractivity contribution in [2.75, 3.05) is 23.8 Å². The first-order chi connectivity index (χ1) is 15.0. The van der Waals surface area contributed by atoms with E-state index in [-0.39, 0.29) is 17.6 Å². The smallest absolute Gasteiger partial charge is 0.230 e. The quantitative estimate of drug-likeness (QED) is 0.621. The van der Waals surface area contributed by atoms with E-state index in [2.05, 4.69) is 0 Å². The minimum absolute atomic E-state index is 0.114. The zero-order valence-electron chi connectivity index (χ0n) is 18.0. The molecule has 0 bridgehead atoms. The van der Waals surface area contributed by atoms with Crippen molar-refractivity contribution in [2.24, 2.45) is 5.92 Å². The van der Waals surface area contributed by atoms with Gasteiger partial charge in [-0.25, -0.2) is 8.42 Å². The van der Waals surface area contributed by atoms with Crippen LogP contribution in [-0.4, -0.2) is 37.5 Å². The highest BCUT2D eigenvalue weighted by Gasteiger charge is 2.34. The Kier molecular flexibility index (Phi) is 6.62. The van der Waals surface area contributed by atoms with E-state index in [1.807, 2.05) is 60.4 Å². The van der Waals surface area contributed by atoms with Crippen LogP contribution in [0.1, 0.15) is 43.7 Å². The highest BCUT2D eigenvalue weighted by Crippen LogP contribution is 2.34. The number of rotatable bonds is 8. The van der Waals surface area contributed by atoms with Gasteiger partial charge in [0.15, 0.2) is 0 Å². The number of carbonyl (C=O) groups is 1. The van der Waals surface area contributed by atoms with Crippen LogP contribution in [-0.2, 0) is 27.9 Å². The number of fused-ring (bicyclic) bond motifs is 1. The summed E-state index contributed by atoms with van der Waals surface area (Å²) < 4.78 is 32.8. The second kappa shape index (κ2) is 9.40. The van der Waals surface area contributed by atoms with Crippen LogP contribution in [0.4, 0.5) is 5.69 Å². The first-order valence-electron chi connectivity index (χ1n) is 11.1. The predicted octanol–water partition coefficient (Wildman–Crippen LogP) is 3.95. The third-order valence-corrected chi connectivity index (χ3v) is 7.72. The molecule has 4 rings (SSSR count). The van der Waals surface area contributed by atoms with Gasteiger partial charge in [0.05, 0.1) is 12.3 Å². The summed E-state index contributed by atoms with van der Waals surface area (Å²) >= 11 is 0. The van der Waals surface area contributed by atoms with Crippen LogP contribution >= 0.6 is 0 Å². The number of carbonyl (C=O) groups excluding carboxylic acids is 1. The van der Waals surface area contributed by atoms with Crippen LogP contribution in [0.3, 0.4) is 0 Å². The van der Waals surface area contributed by atoms with Crippen molar-refractivity contribution in [3.05, 3.63) is 59.7 Å². The second-order valence-electron chi connectivity index (χ2n) is 8.33. The molecule has 31 heavy (non-hydrogen) atoms. The Labute approximate surface area is 184 Å². The normalized spacial score (nSPS) is 16.8. The number of para-hydroxylation sites is 1. The van der Waals surface area contributed by atoms with Crippen LogP contribution in [0.25, 0.3) is 0 Å². The van der Waals surface area contributed by atoms with Crippen molar-refractivity contribution in [1.29, 1.82) is 0 Å². The molecule has 1 heterocycles. The predicted molar refractivity (Wildman–Crippen MR) is 121 cm³/mol. The van der Waals surface area contributed by atoms with Crippen LogP contribution in [0.5, 0.6) is 5.75 Å². The van der Waals surface area contributed by atoms with Gasteiger partial charge < -0.3 is 9.64 Å². The highest BCUT2D eigenvalue weighted by molar-refractivity contribution is 7.89. The summed E-state index contributed by atoms with van der Waals surface area (Å²) in [5, 5.41) is 0. The van der Waals surface area contributed by atoms with Gasteiger partial charge in [0.2, 0.25) is 15.9 Å². The van der Waals surface area contributed by atoms with E-state index < -0.39 is 10.0 Å². The molecular weight excluding hydrogens is 412 g/mol. The Morgan fingerprint density at radius 2 is 1.94 bits per heavy atom. The number of amides is 1. The van der Waals surface area contributed by atoms with Gasteiger partial charge in [-0.1, -0.05) is 37.6 Å². The molecule has 7 heteroatoms. The Morgan fingerprint density at radius 3 is 2.65 bits per heavy atom. The Bertz CT molecular complexity index is 1020. The molecule has 0 radical (unpaired) electrons. The largest absolute Gasteiger partial charge is 0.492 e. The van der Waals surface area contributed by atoms with Crippen molar-refractivity contribution in [3.8, 4) is 5.75 Å². The Balaban J connectivity index is 1.57. The minimum atomic E-state index is -3.32. The molecule has 1 fully saturated rings. The molecule has 0 atom stereocenters. The summed E-state index contributed by atoms with van der Waals surface area (Å²) in [5.41, 5.74) is 2.70. The molecule has 0 unspecified atom stereocenters. The standard InChI is InChI=1S/C24H30N2O4S/c1-2-3-15-31(28,29)25-13-14-30-23-12-9-19(16-21(23)18-25)17-26(24(27)20-10-11-20)22-7-5-4-6-8-22/h4-9,12,16,20H,2-3,10-11,13-15,17-18H2,1H3. The molecule has 1 saturated carbocycles. The molecule has 2 aromatic rings. The van der Waals surface area contributed by atoms with E-state index in [0.717, 1.165) is 41.8 Å². The Hall–Kier alpha value is -2.38. The Morgan fingerprint density at radius 1 is 1.16 bits per heavy atom. The maximum Gasteiger partial charge on any atom is 0.230 e. The van der Waals surface area contributed by atoms with Crippen molar-refractivity contribution < 1.29 is 17.9 Å². The molecule has 0 aromatic heterocycles. The van der Waals surface area contributed by atoms with E-state index in [0.29, 0.717) is 32.7 Å². The first-order valence-corrected chi connectivity index (χ1v) is 12.7. The van der Waals surface area contributed by atoms with Gasteiger partial charge in [-0.3, -0.25) is 4.79 Å². The second-order valence-corrected chi connectivity index (χ2v) is 10.4. The average Bonchev–Trinajstić information content (AvgIpc) is 3.63. The van der Waals surface area contributed by atoms with Crippen molar-refractivity contribution in [3.63, 3.8) is 0 Å². The third-order valence-electron chi connectivity index (χ3n) is 5.82. The lowest BCUT2D eigenvalue weighted by molar-refractivity contribution is -0.119. The fourth-order valence-corrected chi connectivity index (χ4v) is 5.45. The fourth-order valence-electron chi connectivity index (χ4n) is 3.85. The summed E-state index contributed by atoms with van der Waals surface area (Å²) in [4.78, 5) is 14.8. The first kappa shape index (κ1) is 21.8. The molecule has 1 aliphatic heterocycles. The van der Waals surface area contributed by atoms with E-state index in [9.17, 15) is 13.2 Å². The number of ether oxygens (including phenoxy) is 1. The summed E-state index contributed by atoms with van der Waals surface area (Å²) in [7, 11) is -3.32. The number of benzene rings is 2. The lowest BCUT2D eigenvalue weighted by Crippen LogP contribution is -2.34. The zero-order valence-corrected chi connectivity index (χ0v) is 18.8. The van der Waals surface area contributed by atoms with Gasteiger partial charge in [-0.15, -0.1) is 0 Å². The molecule has 6 nitrogen and oxygen atoms in total. The number of unbranched alkanes of at least 4 members (excludes halogenated alkanes) is 1. The maximum absolute atomic E-state index is 13.0. The monoisotopic (exact) mass is 442 g/mol. The van der Waals surface area contributed by atoms with E-state index in [4.69, 9.17) is 4.74 Å². The van der Waals surface area contributed by atoms with Crippen LogP contribution in [0.2, 0.25) is 0 Å². The van der Waals surface area contributed by atoms with E-state index >= 15 is 0 Å². The molecule has 0 saturated heterocycles. The van der Waals surface area contributed by atoms with Gasteiger partial charge in [0.1, 0.15) is 12.4 Å². The van der Waals surface area contributed by atoms with Crippen molar-refractivity contribution in [2.45, 2.75) is 45.7 Å². The third kappa shape index (κ3) is 5.28. The number of anilines is 1. The van der Waals surface area contributed by atoms with Crippen LogP contribution in [0.15, 0.2) is 48.5 Å². The summed E-state index contributed by atoms with van der Waals surface area (Å²) in [6.07, 6.45) is 3.39. The lowest BCUT2D eigenvalue weighted by atomic mass is 10.1. The minimum Gasteiger partial charge on any atom is -0.492 e. The molecule has 1 aliphatic carbocycles. The fraction of sp³-hybridized carbons (Fsp3) is 0.458. The van der Waals surface area contributed by atoms with Gasteiger partial charge in [-0.05, 0) is 49.1 Å². The van der Waals surface area contributed by atoms with Crippen LogP contribution in [0, 0.1) is 5.92 Å². The summed E-state index contributed by atoms with van der Waals surface area (Å²) in [6.45, 7) is 3.44. The molecule has 1 amide bonds. The van der Waals surface area contributed by atoms with Gasteiger partial charge >= 0.3 is 0 Å². The molecular formula is C24H30N2O4S. The van der Waals surface area contributed by atoms with Crippen LogP contribution < -0.4 is 9.64 Å². The van der Waals surface area contributed by atoms with Crippen molar-refractivity contribution >= 4 is 21.6 Å². The molecule has 2 aliphatic rings. The highest BCUT2D eigenvalue weighted by atomic mass is 32.2. The average molecular weight is 443 g/mol. The lowest BCUT2D eigenvalue weighted by Gasteiger charge is -2.24. The van der Waals surface area contributed by atoms with Gasteiger partial charge in [-0.2, -0.15) is 4.31 Å². The SMILES string of the molecule is CCCCS(=O)(=O)N1CCOc2ccc(CN(C(=O)C3CC3)c3ccccc3)cc2C1. The maximum atomic E-state index is 13.0. The van der Waals surface area contributed by atoms with E-state index in [1.165, 1.54) is 4.31 Å². The summed E-state index contributed by atoms with van der Waals surface area (Å²) in [5.74, 6) is 1.15. The number of nitrogens with zero attached hydrogens (tertiary/aromatic N) is 2. The topological polar surface area (TPSA) is 66.9 Å². The number of hydrogen-bond donors (Lipinski definition) is 0. The van der Waals surface area contributed by atoms with Gasteiger partial charge in [0, 0.05) is 30.3 Å². The summed E-state index contributed by atoms with van der Waals surface area (Å²) in [6, 6.07) is 15.6. The molecule has 2 aromatic carbocycles. The van der Waals surface area contributed by atoms with Crippen molar-refractivity contribution in [1.82, 2.24) is 4.31 Å². The van der Waals surface area contributed by atoms with E-state index in [1.54, 1.807) is 0 Å². The zero-order chi connectivity index (χ0) is 21.8. The molecule has 166 valence electrons. The molecule has 0 N–H and O–H groups in total. The van der Waals surface area contributed by atoms with Gasteiger partial charge in [0.25, 0.3) is 0 Å².